The summed E-state index contributed by atoms with van der Waals surface area (Å²) < 4.78 is 10.1. The molecule has 0 spiro atoms. The minimum absolute atomic E-state index is 0.431. The SMILES string of the molecule is NCCCSP(=O)(O)O. The standard InChI is InChI=1S/C3H10NO3PS/c4-2-1-3-9-8(5,6)7/h1-4H2,(H2,5,6,7). The van der Waals surface area contributed by atoms with E-state index in [9.17, 15) is 4.57 Å². The van der Waals surface area contributed by atoms with Crippen LogP contribution in [0, 0.1) is 0 Å². The van der Waals surface area contributed by atoms with Crippen molar-refractivity contribution in [1.82, 2.24) is 0 Å². The van der Waals surface area contributed by atoms with Gasteiger partial charge in [-0.1, -0.05) is 0 Å². The van der Waals surface area contributed by atoms with Gasteiger partial charge in [0.05, 0.1) is 0 Å². The first kappa shape index (κ1) is 9.46. The molecule has 0 heterocycles. The molecule has 0 rings (SSSR count). The van der Waals surface area contributed by atoms with Gasteiger partial charge in [-0.2, -0.15) is 0 Å². The Balaban J connectivity index is 3.18. The molecule has 6 heteroatoms. The highest BCUT2D eigenvalue weighted by Gasteiger charge is 2.11. The van der Waals surface area contributed by atoms with Crippen LogP contribution in [0.25, 0.3) is 0 Å². The van der Waals surface area contributed by atoms with Gasteiger partial charge in [-0.15, -0.1) is 0 Å². The molecule has 0 atom stereocenters. The van der Waals surface area contributed by atoms with E-state index in [0.717, 1.165) is 0 Å². The van der Waals surface area contributed by atoms with Gasteiger partial charge in [0.25, 0.3) is 0 Å². The molecule has 0 fully saturated rings. The summed E-state index contributed by atoms with van der Waals surface area (Å²) in [5, 5.41) is 0. The van der Waals surface area contributed by atoms with Crippen LogP contribution in [0.5, 0.6) is 0 Å². The van der Waals surface area contributed by atoms with E-state index in [-0.39, 0.29) is 0 Å². The monoisotopic (exact) mass is 171 g/mol. The fourth-order valence-electron chi connectivity index (χ4n) is 0.267. The molecule has 0 aliphatic heterocycles. The van der Waals surface area contributed by atoms with Crippen molar-refractivity contribution in [3.63, 3.8) is 0 Å². The Morgan fingerprint density at radius 2 is 2.11 bits per heavy atom. The molecule has 0 saturated carbocycles. The maximum atomic E-state index is 10.1. The maximum absolute atomic E-state index is 10.1. The molecule has 0 aromatic rings. The normalized spacial score (nSPS) is 11.9. The lowest BCUT2D eigenvalue weighted by atomic mass is 10.5. The van der Waals surface area contributed by atoms with Gasteiger partial charge in [0.2, 0.25) is 0 Å². The summed E-state index contributed by atoms with van der Waals surface area (Å²) in [6.45, 7) is -3.36. The summed E-state index contributed by atoms with van der Waals surface area (Å²) in [6.07, 6.45) is 0.649. The Hall–Kier alpha value is 0.460. The second-order valence-electron chi connectivity index (χ2n) is 1.47. The highest BCUT2D eigenvalue weighted by atomic mass is 32.7. The molecule has 4 N–H and O–H groups in total. The second-order valence-corrected chi connectivity index (χ2v) is 5.32. The highest BCUT2D eigenvalue weighted by Crippen LogP contribution is 2.50. The van der Waals surface area contributed by atoms with Crippen LogP contribution < -0.4 is 5.73 Å². The Morgan fingerprint density at radius 1 is 1.56 bits per heavy atom. The lowest BCUT2D eigenvalue weighted by Gasteiger charge is -1.99. The van der Waals surface area contributed by atoms with Crippen LogP contribution in [0.1, 0.15) is 6.42 Å². The summed E-state index contributed by atoms with van der Waals surface area (Å²) in [5.41, 5.74) is 5.09. The van der Waals surface area contributed by atoms with Crippen molar-refractivity contribution in [3.8, 4) is 0 Å². The van der Waals surface area contributed by atoms with E-state index in [0.29, 0.717) is 30.1 Å². The fourth-order valence-corrected chi connectivity index (χ4v) is 1.90. The molecule has 0 aromatic carbocycles. The third-order valence-electron chi connectivity index (χ3n) is 0.608. The lowest BCUT2D eigenvalue weighted by molar-refractivity contribution is 0.397. The fraction of sp³-hybridized carbons (Fsp3) is 1.00. The zero-order chi connectivity index (χ0) is 7.33. The van der Waals surface area contributed by atoms with Crippen LogP contribution in [0.4, 0.5) is 0 Å². The molecule has 0 bridgehead atoms. The predicted octanol–water partition coefficient (Wildman–Crippen LogP) is 0.161. The Labute approximate surface area is 57.7 Å². The quantitative estimate of drug-likeness (QED) is 0.414. The van der Waals surface area contributed by atoms with Crippen LogP contribution in [-0.2, 0) is 4.57 Å². The van der Waals surface area contributed by atoms with Crippen molar-refractivity contribution < 1.29 is 14.4 Å². The molecule has 4 nitrogen and oxygen atoms in total. The van der Waals surface area contributed by atoms with Gasteiger partial charge < -0.3 is 15.5 Å². The van der Waals surface area contributed by atoms with Gasteiger partial charge in [-0.05, 0) is 24.3 Å². The van der Waals surface area contributed by atoms with E-state index in [1.165, 1.54) is 0 Å². The molecule has 0 radical (unpaired) electrons. The van der Waals surface area contributed by atoms with Gasteiger partial charge in [0.1, 0.15) is 0 Å². The first-order chi connectivity index (χ1) is 4.06. The van der Waals surface area contributed by atoms with Gasteiger partial charge in [-0.3, -0.25) is 0 Å². The van der Waals surface area contributed by atoms with Crippen molar-refractivity contribution in [2.75, 3.05) is 12.3 Å². The van der Waals surface area contributed by atoms with Crippen molar-refractivity contribution in [2.45, 2.75) is 6.42 Å². The van der Waals surface area contributed by atoms with Crippen molar-refractivity contribution in [3.05, 3.63) is 0 Å². The van der Waals surface area contributed by atoms with Crippen LogP contribution >= 0.6 is 18.2 Å². The van der Waals surface area contributed by atoms with Crippen molar-refractivity contribution >= 4 is 18.2 Å². The van der Waals surface area contributed by atoms with Crippen LogP contribution in [0.2, 0.25) is 0 Å². The molecule has 0 aromatic heterocycles. The largest absolute Gasteiger partial charge is 0.383 e. The molecule has 0 amide bonds. The Bertz CT molecular complexity index is 114. The number of rotatable bonds is 4. The average Bonchev–Trinajstić information content (AvgIpc) is 1.63. The van der Waals surface area contributed by atoms with Crippen LogP contribution in [-0.4, -0.2) is 22.1 Å². The molecule has 0 aliphatic rings. The average molecular weight is 171 g/mol. The molecule has 9 heavy (non-hydrogen) atoms. The summed E-state index contributed by atoms with van der Waals surface area (Å²) >= 11 is 0.645. The van der Waals surface area contributed by atoms with Crippen LogP contribution in [0.3, 0.4) is 0 Å². The minimum atomic E-state index is -3.83. The predicted molar refractivity (Wildman–Crippen MR) is 38.2 cm³/mol. The summed E-state index contributed by atoms with van der Waals surface area (Å²) in [4.78, 5) is 16.6. The third kappa shape index (κ3) is 8.46. The number of hydrogen-bond donors (Lipinski definition) is 3. The molecule has 56 valence electrons. The Morgan fingerprint density at radius 3 is 2.44 bits per heavy atom. The zero-order valence-electron chi connectivity index (χ0n) is 4.86. The zero-order valence-corrected chi connectivity index (χ0v) is 6.57. The van der Waals surface area contributed by atoms with E-state index >= 15 is 0 Å². The molecule has 0 saturated heterocycles. The summed E-state index contributed by atoms with van der Waals surface area (Å²) in [5.74, 6) is 0.431. The van der Waals surface area contributed by atoms with Gasteiger partial charge in [0, 0.05) is 5.75 Å². The van der Waals surface area contributed by atoms with E-state index in [1.54, 1.807) is 0 Å². The summed E-state index contributed by atoms with van der Waals surface area (Å²) in [7, 11) is 0. The van der Waals surface area contributed by atoms with Gasteiger partial charge >= 0.3 is 6.80 Å². The van der Waals surface area contributed by atoms with Gasteiger partial charge in [0.15, 0.2) is 0 Å². The topological polar surface area (TPSA) is 83.6 Å². The third-order valence-corrected chi connectivity index (χ3v) is 2.97. The first-order valence-corrected chi connectivity index (χ1v) is 5.67. The van der Waals surface area contributed by atoms with E-state index in [1.807, 2.05) is 0 Å². The van der Waals surface area contributed by atoms with Crippen molar-refractivity contribution in [1.29, 1.82) is 0 Å². The lowest BCUT2D eigenvalue weighted by Crippen LogP contribution is -1.99. The number of nitrogens with two attached hydrogens (primary N) is 1. The maximum Gasteiger partial charge on any atom is 0.383 e. The minimum Gasteiger partial charge on any atom is -0.330 e. The van der Waals surface area contributed by atoms with E-state index in [2.05, 4.69) is 0 Å². The van der Waals surface area contributed by atoms with E-state index < -0.39 is 6.80 Å². The number of hydrogen-bond acceptors (Lipinski definition) is 3. The molecular formula is C3H10NO3PS. The van der Waals surface area contributed by atoms with Crippen molar-refractivity contribution in [2.24, 2.45) is 5.73 Å². The molecule has 0 unspecified atom stereocenters. The van der Waals surface area contributed by atoms with Crippen LogP contribution in [0.15, 0.2) is 0 Å². The smallest absolute Gasteiger partial charge is 0.330 e. The first-order valence-electron chi connectivity index (χ1n) is 2.46. The molecular weight excluding hydrogens is 161 g/mol. The molecule has 0 aliphatic carbocycles. The van der Waals surface area contributed by atoms with E-state index in [4.69, 9.17) is 15.5 Å². The van der Waals surface area contributed by atoms with Gasteiger partial charge in [-0.25, -0.2) is 4.57 Å². The summed E-state index contributed by atoms with van der Waals surface area (Å²) in [6, 6.07) is 0. The highest BCUT2D eigenvalue weighted by molar-refractivity contribution is 8.54. The second kappa shape index (κ2) is 4.30. The Kier molecular flexibility index (Phi) is 4.52.